The van der Waals surface area contributed by atoms with Gasteiger partial charge in [0.25, 0.3) is 0 Å². The number of rotatable bonds is 3. The van der Waals surface area contributed by atoms with Crippen LogP contribution in [0.15, 0.2) is 18.2 Å². The molecule has 2 rings (SSSR count). The van der Waals surface area contributed by atoms with Gasteiger partial charge in [0, 0.05) is 29.8 Å². The van der Waals surface area contributed by atoms with Crippen molar-refractivity contribution < 1.29 is 4.79 Å². The van der Waals surface area contributed by atoms with Gasteiger partial charge in [0.05, 0.1) is 16.8 Å². The molecule has 1 amide bonds. The molecule has 4 nitrogen and oxygen atoms in total. The van der Waals surface area contributed by atoms with Crippen LogP contribution in [0.1, 0.15) is 13.8 Å². The molecule has 6 heteroatoms. The lowest BCUT2D eigenvalue weighted by Gasteiger charge is -2.34. The molecule has 0 spiro atoms. The Balaban J connectivity index is 1.98. The van der Waals surface area contributed by atoms with E-state index in [9.17, 15) is 4.79 Å². The van der Waals surface area contributed by atoms with Gasteiger partial charge in [-0.3, -0.25) is 9.69 Å². The van der Waals surface area contributed by atoms with Crippen LogP contribution >= 0.6 is 23.4 Å². The number of carbonyl (C=O) groups excluding carboxylic acids is 1. The molecule has 1 aliphatic rings. The van der Waals surface area contributed by atoms with Gasteiger partial charge in [0.1, 0.15) is 0 Å². The molecule has 1 aliphatic heterocycles. The summed E-state index contributed by atoms with van der Waals surface area (Å²) in [6.45, 7) is 6.03. The van der Waals surface area contributed by atoms with Crippen LogP contribution in [0, 0.1) is 0 Å². The third kappa shape index (κ3) is 3.81. The van der Waals surface area contributed by atoms with E-state index in [2.05, 4.69) is 17.1 Å². The number of halogens is 1. The summed E-state index contributed by atoms with van der Waals surface area (Å²) in [7, 11) is 0. The number of nitrogens with zero attached hydrogens (tertiary/aromatic N) is 1. The number of hydrogen-bond donors (Lipinski definition) is 2. The van der Waals surface area contributed by atoms with E-state index in [-0.39, 0.29) is 11.9 Å². The molecule has 1 saturated heterocycles. The molecule has 0 saturated carbocycles. The second-order valence-electron chi connectivity index (χ2n) is 5.08. The summed E-state index contributed by atoms with van der Waals surface area (Å²) in [5.41, 5.74) is 6.89. The summed E-state index contributed by atoms with van der Waals surface area (Å²) in [4.78, 5) is 14.5. The van der Waals surface area contributed by atoms with E-state index < -0.39 is 0 Å². The van der Waals surface area contributed by atoms with Crippen molar-refractivity contribution in [2.24, 2.45) is 0 Å². The average molecular weight is 314 g/mol. The first-order chi connectivity index (χ1) is 9.47. The van der Waals surface area contributed by atoms with Gasteiger partial charge in [-0.1, -0.05) is 18.5 Å². The Hall–Kier alpha value is -0.910. The second kappa shape index (κ2) is 6.70. The summed E-state index contributed by atoms with van der Waals surface area (Å²) >= 11 is 7.82. The topological polar surface area (TPSA) is 58.4 Å². The molecule has 20 heavy (non-hydrogen) atoms. The first-order valence-corrected chi connectivity index (χ1v) is 8.11. The molecule has 0 radical (unpaired) electrons. The van der Waals surface area contributed by atoms with Crippen LogP contribution in [-0.4, -0.2) is 40.9 Å². The lowest BCUT2D eigenvalue weighted by molar-refractivity contribution is -0.120. The summed E-state index contributed by atoms with van der Waals surface area (Å²) in [6, 6.07) is 4.99. The zero-order chi connectivity index (χ0) is 14.7. The van der Waals surface area contributed by atoms with Crippen molar-refractivity contribution in [3.8, 4) is 0 Å². The van der Waals surface area contributed by atoms with Gasteiger partial charge in [-0.25, -0.2) is 0 Å². The second-order valence-corrected chi connectivity index (χ2v) is 7.03. The Bertz CT molecular complexity index is 497. The average Bonchev–Trinajstić information content (AvgIpc) is 2.42. The van der Waals surface area contributed by atoms with E-state index in [1.807, 2.05) is 18.7 Å². The van der Waals surface area contributed by atoms with Crippen molar-refractivity contribution >= 4 is 40.6 Å². The van der Waals surface area contributed by atoms with Gasteiger partial charge in [0.15, 0.2) is 0 Å². The molecular formula is C14H20ClN3OS. The molecule has 0 aliphatic carbocycles. The van der Waals surface area contributed by atoms with Crippen LogP contribution in [0.25, 0.3) is 0 Å². The Labute approximate surface area is 129 Å². The van der Waals surface area contributed by atoms with Crippen LogP contribution < -0.4 is 11.1 Å². The largest absolute Gasteiger partial charge is 0.397 e. The third-order valence-corrected chi connectivity index (χ3v) is 4.94. The quantitative estimate of drug-likeness (QED) is 0.842. The molecular weight excluding hydrogens is 294 g/mol. The first-order valence-electron chi connectivity index (χ1n) is 6.69. The third-order valence-electron chi connectivity index (χ3n) is 3.46. The molecule has 3 N–H and O–H groups in total. The monoisotopic (exact) mass is 313 g/mol. The van der Waals surface area contributed by atoms with Crippen molar-refractivity contribution in [1.29, 1.82) is 0 Å². The molecule has 1 fully saturated rings. The highest BCUT2D eigenvalue weighted by Crippen LogP contribution is 2.23. The maximum atomic E-state index is 12.3. The molecule has 0 bridgehead atoms. The predicted octanol–water partition coefficient (Wildman–Crippen LogP) is 2.69. The normalized spacial score (nSPS) is 21.4. The van der Waals surface area contributed by atoms with E-state index in [0.717, 1.165) is 18.8 Å². The first kappa shape index (κ1) is 15.5. The molecule has 110 valence electrons. The molecule has 0 aromatic heterocycles. The number of nitrogens with two attached hydrogens (primary N) is 1. The van der Waals surface area contributed by atoms with Crippen LogP contribution in [0.3, 0.4) is 0 Å². The minimum absolute atomic E-state index is 0.00850. The number of nitrogen functional groups attached to an aromatic ring is 1. The number of carbonyl (C=O) groups is 1. The molecule has 2 atom stereocenters. The Kier molecular flexibility index (Phi) is 5.18. The minimum atomic E-state index is -0.143. The lowest BCUT2D eigenvalue weighted by atomic mass is 10.2. The number of amides is 1. The number of benzene rings is 1. The maximum Gasteiger partial charge on any atom is 0.241 e. The van der Waals surface area contributed by atoms with Gasteiger partial charge in [-0.2, -0.15) is 11.8 Å². The minimum Gasteiger partial charge on any atom is -0.397 e. The van der Waals surface area contributed by atoms with Crippen LogP contribution in [0.2, 0.25) is 5.02 Å². The molecule has 1 aromatic rings. The van der Waals surface area contributed by atoms with Gasteiger partial charge in [-0.15, -0.1) is 0 Å². The fourth-order valence-electron chi connectivity index (χ4n) is 2.23. The maximum absolute atomic E-state index is 12.3. The Morgan fingerprint density at radius 1 is 1.60 bits per heavy atom. The van der Waals surface area contributed by atoms with E-state index in [4.69, 9.17) is 17.3 Å². The molecule has 1 heterocycles. The van der Waals surface area contributed by atoms with Gasteiger partial charge >= 0.3 is 0 Å². The van der Waals surface area contributed by atoms with Crippen molar-refractivity contribution in [2.45, 2.75) is 25.1 Å². The zero-order valence-electron chi connectivity index (χ0n) is 11.7. The highest BCUT2D eigenvalue weighted by Gasteiger charge is 2.25. The van der Waals surface area contributed by atoms with Crippen LogP contribution in [0.5, 0.6) is 0 Å². The summed E-state index contributed by atoms with van der Waals surface area (Å²) in [5.74, 6) is 1.07. The van der Waals surface area contributed by atoms with Crippen LogP contribution in [-0.2, 0) is 4.79 Å². The van der Waals surface area contributed by atoms with Crippen molar-refractivity contribution in [3.63, 3.8) is 0 Å². The molecule has 2 unspecified atom stereocenters. The Morgan fingerprint density at radius 2 is 2.35 bits per heavy atom. The number of thioether (sulfide) groups is 1. The fraction of sp³-hybridized carbons (Fsp3) is 0.500. The predicted molar refractivity (Wildman–Crippen MR) is 87.4 cm³/mol. The summed E-state index contributed by atoms with van der Waals surface area (Å²) in [6.07, 6.45) is 0. The van der Waals surface area contributed by atoms with E-state index in [0.29, 0.717) is 21.6 Å². The number of nitrogens with one attached hydrogen (secondary N) is 1. The van der Waals surface area contributed by atoms with Crippen molar-refractivity contribution in [1.82, 2.24) is 4.90 Å². The lowest BCUT2D eigenvalue weighted by Crippen LogP contribution is -2.47. The summed E-state index contributed by atoms with van der Waals surface area (Å²) in [5, 5.41) is 3.97. The fourth-order valence-corrected chi connectivity index (χ4v) is 3.39. The SMILES string of the molecule is CC1CN(C(C)C(=O)Nc2ccc(Cl)c(N)c2)CCS1. The van der Waals surface area contributed by atoms with Gasteiger partial charge < -0.3 is 11.1 Å². The van der Waals surface area contributed by atoms with E-state index in [1.165, 1.54) is 0 Å². The standard InChI is InChI=1S/C14H20ClN3OS/c1-9-8-18(5-6-20-9)10(2)14(19)17-11-3-4-12(15)13(16)7-11/h3-4,7,9-10H,5-6,8,16H2,1-2H3,(H,17,19). The highest BCUT2D eigenvalue weighted by molar-refractivity contribution is 7.99. The van der Waals surface area contributed by atoms with Gasteiger partial charge in [0.2, 0.25) is 5.91 Å². The number of anilines is 2. The van der Waals surface area contributed by atoms with Crippen LogP contribution in [0.4, 0.5) is 11.4 Å². The smallest absolute Gasteiger partial charge is 0.241 e. The van der Waals surface area contributed by atoms with Gasteiger partial charge in [-0.05, 0) is 25.1 Å². The Morgan fingerprint density at radius 3 is 3.00 bits per heavy atom. The van der Waals surface area contributed by atoms with E-state index >= 15 is 0 Å². The summed E-state index contributed by atoms with van der Waals surface area (Å²) < 4.78 is 0. The van der Waals surface area contributed by atoms with Crippen molar-refractivity contribution in [3.05, 3.63) is 23.2 Å². The number of hydrogen-bond acceptors (Lipinski definition) is 4. The highest BCUT2D eigenvalue weighted by atomic mass is 35.5. The van der Waals surface area contributed by atoms with Crippen molar-refractivity contribution in [2.75, 3.05) is 29.9 Å². The van der Waals surface area contributed by atoms with E-state index in [1.54, 1.807) is 18.2 Å². The zero-order valence-corrected chi connectivity index (χ0v) is 13.3. The molecule has 1 aromatic carbocycles.